The van der Waals surface area contributed by atoms with Crippen LogP contribution in [0.2, 0.25) is 0 Å². The molecule has 1 saturated heterocycles. The molecule has 7 nitrogen and oxygen atoms in total. The van der Waals surface area contributed by atoms with Crippen molar-refractivity contribution in [3.05, 3.63) is 59.2 Å². The number of carbonyl (C=O) groups excluding carboxylic acids is 2. The van der Waals surface area contributed by atoms with Gasteiger partial charge in [0.05, 0.1) is 37.5 Å². The van der Waals surface area contributed by atoms with Crippen molar-refractivity contribution in [2.75, 3.05) is 20.3 Å². The lowest BCUT2D eigenvalue weighted by atomic mass is 9.90. The van der Waals surface area contributed by atoms with Crippen LogP contribution >= 0.6 is 0 Å². The van der Waals surface area contributed by atoms with Gasteiger partial charge in [0.15, 0.2) is 0 Å². The molecule has 0 radical (unpaired) electrons. The molecule has 2 fully saturated rings. The molecule has 2 aromatic rings. The number of hydrogen-bond donors (Lipinski definition) is 1. The van der Waals surface area contributed by atoms with Crippen molar-refractivity contribution < 1.29 is 28.9 Å². The summed E-state index contributed by atoms with van der Waals surface area (Å²) < 4.78 is 16.8. The largest absolute Gasteiger partial charge is 0.507 e. The van der Waals surface area contributed by atoms with Crippen LogP contribution in [0.4, 0.5) is 0 Å². The summed E-state index contributed by atoms with van der Waals surface area (Å²) in [4.78, 5) is 28.5. The van der Waals surface area contributed by atoms with Crippen LogP contribution in [0, 0.1) is 0 Å². The summed E-state index contributed by atoms with van der Waals surface area (Å²) in [6.07, 6.45) is 4.80. The molecule has 1 aliphatic heterocycles. The molecule has 0 spiro atoms. The Balaban J connectivity index is 1.89. The van der Waals surface area contributed by atoms with Crippen LogP contribution < -0.4 is 14.2 Å². The maximum Gasteiger partial charge on any atom is 0.295 e. The maximum atomic E-state index is 13.4. The van der Waals surface area contributed by atoms with Gasteiger partial charge in [-0.25, -0.2) is 0 Å². The zero-order valence-corrected chi connectivity index (χ0v) is 20.6. The number of nitrogens with zero attached hydrogens (tertiary/aromatic N) is 1. The molecular formula is C28H33NO6. The number of ketones is 1. The lowest BCUT2D eigenvalue weighted by molar-refractivity contribution is -0.141. The summed E-state index contributed by atoms with van der Waals surface area (Å²) in [5, 5.41) is 11.5. The number of amides is 1. The summed E-state index contributed by atoms with van der Waals surface area (Å²) in [5.41, 5.74) is 1.14. The van der Waals surface area contributed by atoms with Gasteiger partial charge in [-0.15, -0.1) is 0 Å². The number of ether oxygens (including phenoxy) is 3. The lowest BCUT2D eigenvalue weighted by Gasteiger charge is -2.35. The van der Waals surface area contributed by atoms with E-state index >= 15 is 0 Å². The Bertz CT molecular complexity index is 1120. The average Bonchev–Trinajstić information content (AvgIpc) is 3.15. The highest BCUT2D eigenvalue weighted by molar-refractivity contribution is 6.46. The second kappa shape index (κ2) is 10.8. The highest BCUT2D eigenvalue weighted by atomic mass is 16.5. The van der Waals surface area contributed by atoms with Gasteiger partial charge in [-0.05, 0) is 56.5 Å². The van der Waals surface area contributed by atoms with Crippen LogP contribution in [0.1, 0.15) is 63.1 Å². The number of aliphatic hydroxyl groups excluding tert-OH is 1. The Hall–Kier alpha value is -3.48. The first kappa shape index (κ1) is 24.6. The standard InChI is InChI=1S/C28H33NO6/c1-4-34-21-14-15-22(23(17-21)35-5-2)26(30)24-25(18-10-9-13-20(16-18)33-3)29(28(32)27(24)31)19-11-7-6-8-12-19/h9-10,13-17,19,25,30H,4-8,11-12H2,1-3H3/b26-24-. The molecule has 1 N–H and O–H groups in total. The molecule has 1 unspecified atom stereocenters. The van der Waals surface area contributed by atoms with Crippen LogP contribution in [0.5, 0.6) is 17.2 Å². The zero-order chi connectivity index (χ0) is 24.9. The topological polar surface area (TPSA) is 85.3 Å². The number of carbonyl (C=O) groups is 2. The molecule has 1 atom stereocenters. The van der Waals surface area contributed by atoms with Gasteiger partial charge in [-0.1, -0.05) is 31.4 Å². The fraction of sp³-hybridized carbons (Fsp3) is 0.429. The van der Waals surface area contributed by atoms with E-state index in [0.717, 1.165) is 37.7 Å². The Morgan fingerprint density at radius 1 is 0.971 bits per heavy atom. The summed E-state index contributed by atoms with van der Waals surface area (Å²) in [7, 11) is 1.57. The number of methoxy groups -OCH3 is 1. The third-order valence-corrected chi connectivity index (χ3v) is 6.68. The number of hydrogen-bond acceptors (Lipinski definition) is 6. The van der Waals surface area contributed by atoms with E-state index in [1.807, 2.05) is 38.1 Å². The molecule has 1 amide bonds. The third kappa shape index (κ3) is 4.85. The zero-order valence-electron chi connectivity index (χ0n) is 20.6. The van der Waals surface area contributed by atoms with Crippen molar-refractivity contribution in [2.24, 2.45) is 0 Å². The smallest absolute Gasteiger partial charge is 0.295 e. The van der Waals surface area contributed by atoms with Gasteiger partial charge in [0.1, 0.15) is 23.0 Å². The highest BCUT2D eigenvalue weighted by Gasteiger charge is 2.49. The molecule has 7 heteroatoms. The van der Waals surface area contributed by atoms with Crippen molar-refractivity contribution >= 4 is 17.4 Å². The number of Topliss-reactive ketones (excluding diaryl/α,β-unsaturated/α-hetero) is 1. The van der Waals surface area contributed by atoms with Crippen molar-refractivity contribution in [1.29, 1.82) is 0 Å². The maximum absolute atomic E-state index is 13.4. The molecule has 35 heavy (non-hydrogen) atoms. The molecule has 1 saturated carbocycles. The van der Waals surface area contributed by atoms with Crippen LogP contribution in [0.25, 0.3) is 5.76 Å². The van der Waals surface area contributed by atoms with Gasteiger partial charge in [-0.2, -0.15) is 0 Å². The normalized spacial score (nSPS) is 20.2. The first-order valence-electron chi connectivity index (χ1n) is 12.3. The number of aliphatic hydroxyl groups is 1. The Labute approximate surface area is 206 Å². The molecule has 2 aromatic carbocycles. The summed E-state index contributed by atoms with van der Waals surface area (Å²) in [5.74, 6) is 0.102. The van der Waals surface area contributed by atoms with Gasteiger partial charge in [0.25, 0.3) is 11.7 Å². The quantitative estimate of drug-likeness (QED) is 0.316. The molecule has 0 aromatic heterocycles. The van der Waals surface area contributed by atoms with E-state index in [2.05, 4.69) is 0 Å². The first-order valence-corrected chi connectivity index (χ1v) is 12.3. The molecule has 0 bridgehead atoms. The van der Waals surface area contributed by atoms with Crippen molar-refractivity contribution in [3.63, 3.8) is 0 Å². The van der Waals surface area contributed by atoms with Crippen LogP contribution in [-0.4, -0.2) is 48.1 Å². The fourth-order valence-electron chi connectivity index (χ4n) is 5.10. The lowest BCUT2D eigenvalue weighted by Crippen LogP contribution is -2.40. The van der Waals surface area contributed by atoms with E-state index in [1.54, 1.807) is 30.2 Å². The van der Waals surface area contributed by atoms with Crippen LogP contribution in [0.15, 0.2) is 48.0 Å². The minimum atomic E-state index is -0.714. The Morgan fingerprint density at radius 2 is 1.71 bits per heavy atom. The molecule has 4 rings (SSSR count). The molecule has 1 heterocycles. The van der Waals surface area contributed by atoms with E-state index in [4.69, 9.17) is 14.2 Å². The molecular weight excluding hydrogens is 446 g/mol. The second-order valence-corrected chi connectivity index (χ2v) is 8.80. The van der Waals surface area contributed by atoms with Crippen LogP contribution in [0.3, 0.4) is 0 Å². The second-order valence-electron chi connectivity index (χ2n) is 8.80. The summed E-state index contributed by atoms with van der Waals surface area (Å²) in [6, 6.07) is 11.6. The van der Waals surface area contributed by atoms with Gasteiger partial charge in [0.2, 0.25) is 0 Å². The molecule has 186 valence electrons. The molecule has 1 aliphatic carbocycles. The number of benzene rings is 2. The monoisotopic (exact) mass is 479 g/mol. The first-order chi connectivity index (χ1) is 17.0. The van der Waals surface area contributed by atoms with E-state index in [9.17, 15) is 14.7 Å². The fourth-order valence-corrected chi connectivity index (χ4v) is 5.10. The third-order valence-electron chi connectivity index (χ3n) is 6.68. The summed E-state index contributed by atoms with van der Waals surface area (Å²) in [6.45, 7) is 4.58. The van der Waals surface area contributed by atoms with E-state index in [1.165, 1.54) is 0 Å². The average molecular weight is 480 g/mol. The molecule has 2 aliphatic rings. The van der Waals surface area contributed by atoms with Gasteiger partial charge >= 0.3 is 0 Å². The van der Waals surface area contributed by atoms with Crippen molar-refractivity contribution in [3.8, 4) is 17.2 Å². The summed E-state index contributed by atoms with van der Waals surface area (Å²) >= 11 is 0. The van der Waals surface area contributed by atoms with Gasteiger partial charge in [0, 0.05) is 12.1 Å². The predicted molar refractivity (Wildman–Crippen MR) is 133 cm³/mol. The van der Waals surface area contributed by atoms with Crippen LogP contribution in [-0.2, 0) is 9.59 Å². The van der Waals surface area contributed by atoms with Gasteiger partial charge in [-0.3, -0.25) is 9.59 Å². The minimum absolute atomic E-state index is 0.0617. The number of rotatable bonds is 8. The van der Waals surface area contributed by atoms with E-state index in [-0.39, 0.29) is 17.4 Å². The SMILES string of the molecule is CCOc1ccc(/C(O)=C2/C(=O)C(=O)N(C3CCCCC3)C2c2cccc(OC)c2)c(OCC)c1. The van der Waals surface area contributed by atoms with Crippen molar-refractivity contribution in [2.45, 2.75) is 58.0 Å². The van der Waals surface area contributed by atoms with E-state index in [0.29, 0.717) is 36.0 Å². The minimum Gasteiger partial charge on any atom is -0.507 e. The Morgan fingerprint density at radius 3 is 2.40 bits per heavy atom. The van der Waals surface area contributed by atoms with Gasteiger partial charge < -0.3 is 24.2 Å². The Kier molecular flexibility index (Phi) is 7.63. The van der Waals surface area contributed by atoms with Crippen molar-refractivity contribution in [1.82, 2.24) is 4.90 Å². The predicted octanol–water partition coefficient (Wildman–Crippen LogP) is 5.25. The highest BCUT2D eigenvalue weighted by Crippen LogP contribution is 2.45. The number of likely N-dealkylation sites (tertiary alicyclic amines) is 1. The van der Waals surface area contributed by atoms with E-state index < -0.39 is 17.7 Å².